The third-order valence-corrected chi connectivity index (χ3v) is 2.62. The van der Waals surface area contributed by atoms with Gasteiger partial charge in [0.05, 0.1) is 7.11 Å². The second kappa shape index (κ2) is 7.23. The zero-order valence-electron chi connectivity index (χ0n) is 10.5. The Morgan fingerprint density at radius 2 is 2.25 bits per heavy atom. The average Bonchev–Trinajstić information content (AvgIpc) is 2.30. The molecule has 1 unspecified atom stereocenters. The Bertz CT molecular complexity index is 296. The lowest BCUT2D eigenvalue weighted by Gasteiger charge is -2.17. The minimum absolute atomic E-state index is 0.558. The van der Waals surface area contributed by atoms with E-state index in [9.17, 15) is 0 Å². The lowest BCUT2D eigenvalue weighted by Crippen LogP contribution is -2.30. The number of ether oxygens (including phenoxy) is 1. The van der Waals surface area contributed by atoms with Gasteiger partial charge in [-0.15, -0.1) is 0 Å². The van der Waals surface area contributed by atoms with Crippen LogP contribution in [0, 0.1) is 0 Å². The lowest BCUT2D eigenvalue weighted by atomic mass is 10.0. The lowest BCUT2D eigenvalue weighted by molar-refractivity contribution is 0.396. The molecule has 90 valence electrons. The first kappa shape index (κ1) is 13.0. The smallest absolute Gasteiger partial charge is 0.213 e. The molecule has 1 N–H and O–H groups in total. The SMILES string of the molecule is CCCC(Cc1ccnc(OC)c1)NCC. The number of methoxy groups -OCH3 is 1. The van der Waals surface area contributed by atoms with Crippen molar-refractivity contribution in [3.8, 4) is 5.88 Å². The summed E-state index contributed by atoms with van der Waals surface area (Å²) < 4.78 is 5.12. The Morgan fingerprint density at radius 1 is 1.44 bits per heavy atom. The first-order valence-electron chi connectivity index (χ1n) is 6.02. The largest absolute Gasteiger partial charge is 0.481 e. The summed E-state index contributed by atoms with van der Waals surface area (Å²) in [5.74, 6) is 0.698. The van der Waals surface area contributed by atoms with Crippen LogP contribution in [0.4, 0.5) is 0 Å². The topological polar surface area (TPSA) is 34.1 Å². The Hall–Kier alpha value is -1.09. The molecule has 0 amide bonds. The van der Waals surface area contributed by atoms with Crippen molar-refractivity contribution in [3.63, 3.8) is 0 Å². The van der Waals surface area contributed by atoms with Crippen LogP contribution >= 0.6 is 0 Å². The number of aromatic nitrogens is 1. The van der Waals surface area contributed by atoms with Crippen LogP contribution in [0.25, 0.3) is 0 Å². The molecule has 0 radical (unpaired) electrons. The van der Waals surface area contributed by atoms with Crippen LogP contribution in [0.15, 0.2) is 18.3 Å². The monoisotopic (exact) mass is 222 g/mol. The molecule has 1 aromatic heterocycles. The van der Waals surface area contributed by atoms with Gasteiger partial charge in [0.15, 0.2) is 0 Å². The van der Waals surface area contributed by atoms with Crippen molar-refractivity contribution in [2.24, 2.45) is 0 Å². The Kier molecular flexibility index (Phi) is 5.86. The van der Waals surface area contributed by atoms with Crippen LogP contribution in [0.2, 0.25) is 0 Å². The Labute approximate surface area is 98.2 Å². The van der Waals surface area contributed by atoms with Crippen LogP contribution < -0.4 is 10.1 Å². The molecule has 0 aromatic carbocycles. The van der Waals surface area contributed by atoms with Crippen LogP contribution in [0.1, 0.15) is 32.3 Å². The molecule has 0 aliphatic rings. The van der Waals surface area contributed by atoms with E-state index in [0.717, 1.165) is 13.0 Å². The molecule has 1 aromatic rings. The quantitative estimate of drug-likeness (QED) is 0.769. The van der Waals surface area contributed by atoms with E-state index < -0.39 is 0 Å². The van der Waals surface area contributed by atoms with E-state index in [1.54, 1.807) is 7.11 Å². The van der Waals surface area contributed by atoms with Gasteiger partial charge in [0.25, 0.3) is 0 Å². The second-order valence-electron chi connectivity index (χ2n) is 3.95. The number of nitrogens with zero attached hydrogens (tertiary/aromatic N) is 1. The maximum absolute atomic E-state index is 5.12. The molecule has 0 saturated heterocycles. The van der Waals surface area contributed by atoms with Crippen molar-refractivity contribution in [1.82, 2.24) is 10.3 Å². The first-order chi connectivity index (χ1) is 7.80. The maximum atomic E-state index is 5.12. The van der Waals surface area contributed by atoms with E-state index >= 15 is 0 Å². The van der Waals surface area contributed by atoms with Gasteiger partial charge in [-0.25, -0.2) is 4.98 Å². The zero-order chi connectivity index (χ0) is 11.8. The van der Waals surface area contributed by atoms with Crippen molar-refractivity contribution in [2.45, 2.75) is 39.2 Å². The maximum Gasteiger partial charge on any atom is 0.213 e. The van der Waals surface area contributed by atoms with Crippen LogP contribution in [-0.2, 0) is 6.42 Å². The zero-order valence-corrected chi connectivity index (χ0v) is 10.5. The van der Waals surface area contributed by atoms with Crippen LogP contribution in [0.5, 0.6) is 5.88 Å². The van der Waals surface area contributed by atoms with Crippen molar-refractivity contribution in [2.75, 3.05) is 13.7 Å². The fraction of sp³-hybridized carbons (Fsp3) is 0.615. The van der Waals surface area contributed by atoms with E-state index in [2.05, 4.69) is 30.2 Å². The van der Waals surface area contributed by atoms with E-state index in [1.165, 1.54) is 18.4 Å². The highest BCUT2D eigenvalue weighted by atomic mass is 16.5. The molecule has 0 aliphatic carbocycles. The van der Waals surface area contributed by atoms with Gasteiger partial charge in [0, 0.05) is 18.3 Å². The molecule has 0 aliphatic heterocycles. The number of hydrogen-bond donors (Lipinski definition) is 1. The van der Waals surface area contributed by atoms with Crippen molar-refractivity contribution >= 4 is 0 Å². The van der Waals surface area contributed by atoms with Gasteiger partial charge >= 0.3 is 0 Å². The average molecular weight is 222 g/mol. The highest BCUT2D eigenvalue weighted by Gasteiger charge is 2.07. The number of hydrogen-bond acceptors (Lipinski definition) is 3. The molecule has 1 rings (SSSR count). The van der Waals surface area contributed by atoms with Gasteiger partial charge in [0.2, 0.25) is 5.88 Å². The molecular formula is C13H22N2O. The molecule has 16 heavy (non-hydrogen) atoms. The fourth-order valence-corrected chi connectivity index (χ4v) is 1.89. The van der Waals surface area contributed by atoms with Gasteiger partial charge in [-0.05, 0) is 31.0 Å². The third-order valence-electron chi connectivity index (χ3n) is 2.62. The molecule has 0 bridgehead atoms. The highest BCUT2D eigenvalue weighted by molar-refractivity contribution is 5.21. The summed E-state index contributed by atoms with van der Waals surface area (Å²) in [6.45, 7) is 5.39. The van der Waals surface area contributed by atoms with Crippen molar-refractivity contribution in [3.05, 3.63) is 23.9 Å². The van der Waals surface area contributed by atoms with Crippen molar-refractivity contribution < 1.29 is 4.74 Å². The summed E-state index contributed by atoms with van der Waals surface area (Å²) >= 11 is 0. The van der Waals surface area contributed by atoms with Gasteiger partial charge in [0.1, 0.15) is 0 Å². The summed E-state index contributed by atoms with van der Waals surface area (Å²) in [6, 6.07) is 4.63. The molecule has 0 spiro atoms. The molecular weight excluding hydrogens is 200 g/mol. The molecule has 0 saturated carbocycles. The number of pyridine rings is 1. The minimum Gasteiger partial charge on any atom is -0.481 e. The van der Waals surface area contributed by atoms with E-state index in [4.69, 9.17) is 4.74 Å². The van der Waals surface area contributed by atoms with Crippen LogP contribution in [-0.4, -0.2) is 24.7 Å². The Morgan fingerprint density at radius 3 is 2.88 bits per heavy atom. The molecule has 1 heterocycles. The van der Waals surface area contributed by atoms with Gasteiger partial charge < -0.3 is 10.1 Å². The number of likely N-dealkylation sites (N-methyl/N-ethyl adjacent to an activating group) is 1. The second-order valence-corrected chi connectivity index (χ2v) is 3.95. The van der Waals surface area contributed by atoms with Gasteiger partial charge in [-0.3, -0.25) is 0 Å². The van der Waals surface area contributed by atoms with E-state index in [-0.39, 0.29) is 0 Å². The standard InChI is InChI=1S/C13H22N2O/c1-4-6-12(14-5-2)9-11-7-8-15-13(10-11)16-3/h7-8,10,12,14H,4-6,9H2,1-3H3. The highest BCUT2D eigenvalue weighted by Crippen LogP contribution is 2.12. The summed E-state index contributed by atoms with van der Waals surface area (Å²) in [5.41, 5.74) is 1.28. The third kappa shape index (κ3) is 4.19. The van der Waals surface area contributed by atoms with E-state index in [1.807, 2.05) is 12.3 Å². The van der Waals surface area contributed by atoms with E-state index in [0.29, 0.717) is 11.9 Å². The van der Waals surface area contributed by atoms with Crippen LogP contribution in [0.3, 0.4) is 0 Å². The predicted molar refractivity (Wildman–Crippen MR) is 66.9 cm³/mol. The fourth-order valence-electron chi connectivity index (χ4n) is 1.89. The molecule has 3 nitrogen and oxygen atoms in total. The number of nitrogens with one attached hydrogen (secondary N) is 1. The summed E-state index contributed by atoms with van der Waals surface area (Å²) in [5, 5.41) is 3.51. The van der Waals surface area contributed by atoms with Crippen molar-refractivity contribution in [1.29, 1.82) is 0 Å². The molecule has 0 fully saturated rings. The van der Waals surface area contributed by atoms with Gasteiger partial charge in [-0.2, -0.15) is 0 Å². The summed E-state index contributed by atoms with van der Waals surface area (Å²) in [7, 11) is 1.65. The number of rotatable bonds is 7. The normalized spacial score (nSPS) is 12.4. The Balaban J connectivity index is 2.60. The predicted octanol–water partition coefficient (Wildman–Crippen LogP) is 2.41. The summed E-state index contributed by atoms with van der Waals surface area (Å²) in [6.07, 6.45) is 5.27. The van der Waals surface area contributed by atoms with Gasteiger partial charge in [-0.1, -0.05) is 20.3 Å². The summed E-state index contributed by atoms with van der Waals surface area (Å²) in [4.78, 5) is 4.11. The molecule has 1 atom stereocenters. The first-order valence-corrected chi connectivity index (χ1v) is 6.02. The minimum atomic E-state index is 0.558. The molecule has 3 heteroatoms.